The van der Waals surface area contributed by atoms with Crippen molar-refractivity contribution >= 4 is 18.2 Å². The van der Waals surface area contributed by atoms with Gasteiger partial charge in [-0.1, -0.05) is 69.8 Å². The second-order valence-corrected chi connectivity index (χ2v) is 10.5. The van der Waals surface area contributed by atoms with Crippen LogP contribution in [-0.2, 0) is 19.1 Å². The second kappa shape index (κ2) is 25.0. The number of hydrogen-bond acceptors (Lipinski definition) is 7. The fourth-order valence-corrected chi connectivity index (χ4v) is 4.63. The minimum atomic E-state index is -0.533. The van der Waals surface area contributed by atoms with Gasteiger partial charge in [0.15, 0.2) is 0 Å². The van der Waals surface area contributed by atoms with E-state index < -0.39 is 6.04 Å². The standard InChI is InChI=1S/C31H55N3O5/c1-2-3-4-5-6-7-8-9-10-11-12-13-14-15-16-17-26-39-31(38)27-29(18-24-35)32-30(37)28-34-21-19-33(20-22-34)23-25-36/h6-7,9-10,24,29,36H,2-5,8,11-23,25-28H2,1H3,(H,32,37)/b7-6-,10-9-. The zero-order chi connectivity index (χ0) is 28.4. The van der Waals surface area contributed by atoms with Crippen LogP contribution in [0, 0.1) is 0 Å². The molecule has 0 bridgehead atoms. The lowest BCUT2D eigenvalue weighted by Crippen LogP contribution is -2.51. The highest BCUT2D eigenvalue weighted by molar-refractivity contribution is 5.80. The highest BCUT2D eigenvalue weighted by Crippen LogP contribution is 2.09. The zero-order valence-corrected chi connectivity index (χ0v) is 24.5. The average Bonchev–Trinajstić information content (AvgIpc) is 2.91. The van der Waals surface area contributed by atoms with Gasteiger partial charge in [-0.3, -0.25) is 19.4 Å². The number of aliphatic hydroxyl groups excluding tert-OH is 1. The molecule has 0 saturated carbocycles. The molecule has 2 N–H and O–H groups in total. The minimum absolute atomic E-state index is 0.0108. The molecule has 1 rings (SSSR count). The summed E-state index contributed by atoms with van der Waals surface area (Å²) in [6.45, 7) is 6.77. The SMILES string of the molecule is CCCCC/C=C\C/C=C\CCCCCCCCOC(=O)CC(CC=O)NC(=O)CN1CCN(CCO)CC1. The Morgan fingerprint density at radius 3 is 2.13 bits per heavy atom. The number of rotatable bonds is 24. The van der Waals surface area contributed by atoms with E-state index in [0.29, 0.717) is 13.2 Å². The highest BCUT2D eigenvalue weighted by Gasteiger charge is 2.21. The number of carbonyl (C=O) groups excluding carboxylic acids is 3. The molecule has 0 aromatic carbocycles. The molecule has 1 unspecified atom stereocenters. The summed E-state index contributed by atoms with van der Waals surface area (Å²) in [4.78, 5) is 39.9. The molecule has 1 heterocycles. The van der Waals surface area contributed by atoms with Gasteiger partial charge < -0.3 is 20.0 Å². The maximum absolute atomic E-state index is 12.4. The number of unbranched alkanes of at least 4 members (excludes halogenated alkanes) is 9. The number of ether oxygens (including phenoxy) is 1. The number of esters is 1. The molecule has 8 nitrogen and oxygen atoms in total. The number of piperazine rings is 1. The Kier molecular flexibility index (Phi) is 22.4. The van der Waals surface area contributed by atoms with Gasteiger partial charge in [0.05, 0.1) is 26.2 Å². The Balaban J connectivity index is 2.03. The molecule has 1 fully saturated rings. The van der Waals surface area contributed by atoms with Gasteiger partial charge in [-0.05, 0) is 38.5 Å². The van der Waals surface area contributed by atoms with Gasteiger partial charge in [0, 0.05) is 45.2 Å². The molecule has 0 spiro atoms. The van der Waals surface area contributed by atoms with Crippen molar-refractivity contribution in [2.24, 2.45) is 0 Å². The van der Waals surface area contributed by atoms with E-state index in [0.717, 1.165) is 64.6 Å². The largest absolute Gasteiger partial charge is 0.466 e. The van der Waals surface area contributed by atoms with Crippen molar-refractivity contribution in [1.82, 2.24) is 15.1 Å². The molecule has 1 saturated heterocycles. The fraction of sp³-hybridized carbons (Fsp3) is 0.774. The van der Waals surface area contributed by atoms with Gasteiger partial charge in [-0.15, -0.1) is 0 Å². The van der Waals surface area contributed by atoms with Crippen molar-refractivity contribution in [2.75, 3.05) is 52.5 Å². The number of nitrogens with zero attached hydrogens (tertiary/aromatic N) is 2. The first kappa shape index (κ1) is 35.0. The van der Waals surface area contributed by atoms with Crippen LogP contribution in [0.5, 0.6) is 0 Å². The third-order valence-corrected chi connectivity index (χ3v) is 7.02. The van der Waals surface area contributed by atoms with Crippen LogP contribution in [0.4, 0.5) is 0 Å². The van der Waals surface area contributed by atoms with Gasteiger partial charge in [-0.2, -0.15) is 0 Å². The smallest absolute Gasteiger partial charge is 0.307 e. The number of amides is 1. The van der Waals surface area contributed by atoms with Crippen molar-refractivity contribution in [3.63, 3.8) is 0 Å². The van der Waals surface area contributed by atoms with Crippen LogP contribution in [0.3, 0.4) is 0 Å². The number of aldehydes is 1. The summed E-state index contributed by atoms with van der Waals surface area (Å²) >= 11 is 0. The molecule has 1 amide bonds. The topological polar surface area (TPSA) is 99.2 Å². The molecule has 8 heteroatoms. The van der Waals surface area contributed by atoms with E-state index in [4.69, 9.17) is 9.84 Å². The predicted octanol–water partition coefficient (Wildman–Crippen LogP) is 4.42. The van der Waals surface area contributed by atoms with Gasteiger partial charge in [0.1, 0.15) is 6.29 Å². The van der Waals surface area contributed by atoms with Crippen LogP contribution >= 0.6 is 0 Å². The van der Waals surface area contributed by atoms with Crippen molar-refractivity contribution in [2.45, 2.75) is 103 Å². The summed E-state index contributed by atoms with van der Waals surface area (Å²) in [7, 11) is 0. The highest BCUT2D eigenvalue weighted by atomic mass is 16.5. The van der Waals surface area contributed by atoms with E-state index in [1.54, 1.807) is 0 Å². The maximum Gasteiger partial charge on any atom is 0.307 e. The van der Waals surface area contributed by atoms with Gasteiger partial charge in [-0.25, -0.2) is 0 Å². The van der Waals surface area contributed by atoms with Crippen molar-refractivity contribution in [3.8, 4) is 0 Å². The summed E-state index contributed by atoms with van der Waals surface area (Å²) in [6.07, 6.45) is 23.9. The molecule has 1 aliphatic heterocycles. The van der Waals surface area contributed by atoms with Gasteiger partial charge in [0.25, 0.3) is 0 Å². The van der Waals surface area contributed by atoms with E-state index >= 15 is 0 Å². The van der Waals surface area contributed by atoms with Crippen molar-refractivity contribution in [3.05, 3.63) is 24.3 Å². The monoisotopic (exact) mass is 549 g/mol. The number of aliphatic hydroxyl groups is 1. The zero-order valence-electron chi connectivity index (χ0n) is 24.5. The van der Waals surface area contributed by atoms with Crippen LogP contribution < -0.4 is 5.32 Å². The summed E-state index contributed by atoms with van der Waals surface area (Å²) in [5.74, 6) is -0.558. The third-order valence-electron chi connectivity index (χ3n) is 7.02. The molecule has 0 radical (unpaired) electrons. The van der Waals surface area contributed by atoms with Crippen LogP contribution in [0.25, 0.3) is 0 Å². The molecule has 0 aromatic rings. The Hall–Kier alpha value is -2.03. The van der Waals surface area contributed by atoms with Gasteiger partial charge in [0.2, 0.25) is 5.91 Å². The molecular formula is C31H55N3O5. The first-order chi connectivity index (χ1) is 19.1. The van der Waals surface area contributed by atoms with Crippen molar-refractivity contribution in [1.29, 1.82) is 0 Å². The lowest BCUT2D eigenvalue weighted by Gasteiger charge is -2.34. The second-order valence-electron chi connectivity index (χ2n) is 10.5. The Bertz CT molecular complexity index is 690. The predicted molar refractivity (Wildman–Crippen MR) is 158 cm³/mol. The molecule has 224 valence electrons. The quantitative estimate of drug-likeness (QED) is 0.0796. The minimum Gasteiger partial charge on any atom is -0.466 e. The normalized spacial score (nSPS) is 15.6. The molecule has 1 atom stereocenters. The van der Waals surface area contributed by atoms with Crippen LogP contribution in [0.2, 0.25) is 0 Å². The van der Waals surface area contributed by atoms with Crippen LogP contribution in [0.1, 0.15) is 96.8 Å². The van der Waals surface area contributed by atoms with Crippen molar-refractivity contribution < 1.29 is 24.2 Å². The number of allylic oxidation sites excluding steroid dienone is 4. The lowest BCUT2D eigenvalue weighted by atomic mass is 10.1. The average molecular weight is 550 g/mol. The molecule has 1 aliphatic rings. The van der Waals surface area contributed by atoms with E-state index in [1.165, 1.54) is 44.9 Å². The summed E-state index contributed by atoms with van der Waals surface area (Å²) < 4.78 is 5.35. The summed E-state index contributed by atoms with van der Waals surface area (Å²) in [5.41, 5.74) is 0. The number of β-amino-alcohol motifs (C(OH)–C–C–N with tert-alkyl or cyclic N) is 1. The maximum atomic E-state index is 12.4. The fourth-order valence-electron chi connectivity index (χ4n) is 4.63. The molecule has 39 heavy (non-hydrogen) atoms. The summed E-state index contributed by atoms with van der Waals surface area (Å²) in [5, 5.41) is 11.9. The Morgan fingerprint density at radius 1 is 0.872 bits per heavy atom. The van der Waals surface area contributed by atoms with Gasteiger partial charge >= 0.3 is 5.97 Å². The summed E-state index contributed by atoms with van der Waals surface area (Å²) in [6, 6.07) is -0.533. The van der Waals surface area contributed by atoms with E-state index in [2.05, 4.69) is 41.4 Å². The van der Waals surface area contributed by atoms with E-state index in [-0.39, 0.29) is 37.9 Å². The lowest BCUT2D eigenvalue weighted by molar-refractivity contribution is -0.144. The van der Waals surface area contributed by atoms with E-state index in [1.807, 2.05) is 4.90 Å². The first-order valence-corrected chi connectivity index (χ1v) is 15.3. The number of nitrogens with one attached hydrogen (secondary N) is 1. The number of hydrogen-bond donors (Lipinski definition) is 2. The molecule has 0 aromatic heterocycles. The Morgan fingerprint density at radius 2 is 1.49 bits per heavy atom. The Labute approximate surface area is 237 Å². The first-order valence-electron chi connectivity index (χ1n) is 15.3. The molecule has 0 aliphatic carbocycles. The van der Waals surface area contributed by atoms with Crippen LogP contribution in [0.15, 0.2) is 24.3 Å². The third kappa shape index (κ3) is 20.5. The molecular weight excluding hydrogens is 494 g/mol. The van der Waals surface area contributed by atoms with E-state index in [9.17, 15) is 14.4 Å². The number of carbonyl (C=O) groups is 3. The van der Waals surface area contributed by atoms with Crippen LogP contribution in [-0.4, -0.2) is 91.6 Å².